The lowest BCUT2D eigenvalue weighted by Gasteiger charge is -2.38. The average Bonchev–Trinajstić information content (AvgIpc) is 3.21. The minimum absolute atomic E-state index is 0.0351. The summed E-state index contributed by atoms with van der Waals surface area (Å²) in [7, 11) is 5.79. The van der Waals surface area contributed by atoms with Gasteiger partial charge in [-0.05, 0) is 64.5 Å². The zero-order valence-corrected chi connectivity index (χ0v) is 19.5. The zero-order chi connectivity index (χ0) is 25.4. The smallest absolute Gasteiger partial charge is 0.360 e. The number of halogens is 4. The molecule has 1 aliphatic rings. The van der Waals surface area contributed by atoms with Crippen LogP contribution in [0.2, 0.25) is 0 Å². The predicted molar refractivity (Wildman–Crippen MR) is 128 cm³/mol. The second kappa shape index (κ2) is 9.40. The van der Waals surface area contributed by atoms with E-state index in [1.54, 1.807) is 12.2 Å². The number of benzene rings is 1. The van der Waals surface area contributed by atoms with Gasteiger partial charge in [-0.2, -0.15) is 13.2 Å². The molecule has 2 atom stereocenters. The molecule has 0 aliphatic heterocycles. The third-order valence-corrected chi connectivity index (χ3v) is 6.20. The second-order valence-electron chi connectivity index (χ2n) is 8.80. The van der Waals surface area contributed by atoms with Gasteiger partial charge >= 0.3 is 6.18 Å². The Bertz CT molecular complexity index is 1280. The van der Waals surface area contributed by atoms with Crippen LogP contribution in [0.3, 0.4) is 0 Å². The summed E-state index contributed by atoms with van der Waals surface area (Å²) >= 11 is 0. The highest BCUT2D eigenvalue weighted by molar-refractivity contribution is 5.95. The lowest BCUT2D eigenvalue weighted by Crippen LogP contribution is -2.57. The summed E-state index contributed by atoms with van der Waals surface area (Å²) in [6, 6.07) is 3.47. The van der Waals surface area contributed by atoms with Gasteiger partial charge in [0.05, 0.1) is 11.2 Å². The normalized spacial score (nSPS) is 20.5. The number of aromatic nitrogens is 3. The summed E-state index contributed by atoms with van der Waals surface area (Å²) in [5.41, 5.74) is 5.78. The van der Waals surface area contributed by atoms with E-state index in [-0.39, 0.29) is 17.2 Å². The van der Waals surface area contributed by atoms with Gasteiger partial charge in [0.1, 0.15) is 11.4 Å². The van der Waals surface area contributed by atoms with Crippen molar-refractivity contribution in [3.63, 3.8) is 0 Å². The molecule has 0 saturated heterocycles. The molecule has 35 heavy (non-hydrogen) atoms. The molecule has 186 valence electrons. The highest BCUT2D eigenvalue weighted by Crippen LogP contribution is 2.39. The van der Waals surface area contributed by atoms with Gasteiger partial charge in [0.15, 0.2) is 0 Å². The Balaban J connectivity index is 1.68. The molecule has 0 spiro atoms. The maximum atomic E-state index is 13.8. The predicted octanol–water partition coefficient (Wildman–Crippen LogP) is 3.89. The number of likely N-dealkylation sites (N-methyl/N-ethyl adjacent to an activating group) is 1. The molecule has 2 unspecified atom stereocenters. The van der Waals surface area contributed by atoms with Crippen molar-refractivity contribution in [1.29, 1.82) is 0 Å². The number of aromatic amines is 1. The summed E-state index contributed by atoms with van der Waals surface area (Å²) in [5, 5.41) is 6.53. The standard InChI is InChI=1S/C24H27F4N7/c1-30-23(8-9-35(2)3)7-6-15(11-20(23)29)33-22-32-13-18(24(26,27)28)21(34-22)17-12-31-19-5-4-14(25)10-16(17)19/h4-7,10-13,20,30-31H,8-9,29H2,1-3H3,(H,32,33,34). The summed E-state index contributed by atoms with van der Waals surface area (Å²) in [6.45, 7) is 0.812. The van der Waals surface area contributed by atoms with Crippen molar-refractivity contribution < 1.29 is 17.6 Å². The molecule has 4 rings (SSSR count). The molecule has 0 fully saturated rings. The first-order chi connectivity index (χ1) is 16.5. The number of alkyl halides is 3. The van der Waals surface area contributed by atoms with Crippen LogP contribution in [-0.2, 0) is 6.18 Å². The van der Waals surface area contributed by atoms with E-state index < -0.39 is 29.1 Å². The van der Waals surface area contributed by atoms with Crippen LogP contribution >= 0.6 is 0 Å². The highest BCUT2D eigenvalue weighted by atomic mass is 19.4. The van der Waals surface area contributed by atoms with E-state index >= 15 is 0 Å². The highest BCUT2D eigenvalue weighted by Gasteiger charge is 2.37. The van der Waals surface area contributed by atoms with Gasteiger partial charge in [0.25, 0.3) is 0 Å². The van der Waals surface area contributed by atoms with Gasteiger partial charge in [-0.25, -0.2) is 14.4 Å². The van der Waals surface area contributed by atoms with Crippen molar-refractivity contribution in [2.45, 2.75) is 24.2 Å². The number of nitrogens with two attached hydrogens (primary N) is 1. The Labute approximate surface area is 200 Å². The van der Waals surface area contributed by atoms with Gasteiger partial charge in [-0.3, -0.25) is 0 Å². The molecule has 0 radical (unpaired) electrons. The first-order valence-electron chi connectivity index (χ1n) is 11.0. The lowest BCUT2D eigenvalue weighted by atomic mass is 9.83. The molecule has 1 aliphatic carbocycles. The van der Waals surface area contributed by atoms with Gasteiger partial charge in [0.2, 0.25) is 5.95 Å². The third-order valence-electron chi connectivity index (χ3n) is 6.20. The number of nitrogens with one attached hydrogen (secondary N) is 3. The molecule has 0 bridgehead atoms. The van der Waals surface area contributed by atoms with Crippen LogP contribution < -0.4 is 16.4 Å². The average molecular weight is 490 g/mol. The molecule has 2 heterocycles. The van der Waals surface area contributed by atoms with Crippen molar-refractivity contribution >= 4 is 16.9 Å². The molecule has 0 saturated carbocycles. The van der Waals surface area contributed by atoms with E-state index in [1.165, 1.54) is 24.4 Å². The van der Waals surface area contributed by atoms with Crippen LogP contribution in [0.4, 0.5) is 23.5 Å². The zero-order valence-electron chi connectivity index (χ0n) is 19.5. The molecule has 7 nitrogen and oxygen atoms in total. The molecule has 3 aromatic rings. The number of allylic oxidation sites excluding steroid dienone is 1. The number of hydrogen-bond donors (Lipinski definition) is 4. The number of fused-ring (bicyclic) bond motifs is 1. The number of H-pyrrole nitrogens is 1. The molecule has 2 aromatic heterocycles. The molecular weight excluding hydrogens is 462 g/mol. The maximum Gasteiger partial charge on any atom is 0.419 e. The van der Waals surface area contributed by atoms with E-state index in [0.717, 1.165) is 19.2 Å². The van der Waals surface area contributed by atoms with Crippen molar-refractivity contribution in [2.24, 2.45) is 5.73 Å². The van der Waals surface area contributed by atoms with Gasteiger partial charge in [-0.1, -0.05) is 6.08 Å². The monoisotopic (exact) mass is 489 g/mol. The van der Waals surface area contributed by atoms with Crippen LogP contribution in [0.15, 0.2) is 54.5 Å². The van der Waals surface area contributed by atoms with Gasteiger partial charge in [0, 0.05) is 40.6 Å². The summed E-state index contributed by atoms with van der Waals surface area (Å²) in [4.78, 5) is 13.0. The molecule has 5 N–H and O–H groups in total. The van der Waals surface area contributed by atoms with E-state index in [9.17, 15) is 17.6 Å². The SMILES string of the molecule is CNC1(CCN(C)C)C=CC(Nc2ncc(C(F)(F)F)c(-c3c[nH]c4ccc(F)cc34)n2)=CC1N. The number of rotatable bonds is 7. The van der Waals surface area contributed by atoms with E-state index in [2.05, 4.69) is 30.5 Å². The second-order valence-corrected chi connectivity index (χ2v) is 8.80. The Hall–Kier alpha value is -3.28. The fourth-order valence-corrected chi connectivity index (χ4v) is 4.14. The molecule has 11 heteroatoms. The Morgan fingerprint density at radius 3 is 2.69 bits per heavy atom. The fraction of sp³-hybridized carbons (Fsp3) is 0.333. The third kappa shape index (κ3) is 5.07. The Kier molecular flexibility index (Phi) is 6.67. The van der Waals surface area contributed by atoms with Gasteiger partial charge in [-0.15, -0.1) is 0 Å². The quantitative estimate of drug-likeness (QED) is 0.377. The van der Waals surface area contributed by atoms with E-state index in [0.29, 0.717) is 16.6 Å². The number of anilines is 1. The van der Waals surface area contributed by atoms with Crippen LogP contribution in [0, 0.1) is 5.82 Å². The van der Waals surface area contributed by atoms with Crippen LogP contribution in [0.1, 0.15) is 12.0 Å². The molecule has 1 aromatic carbocycles. The summed E-state index contributed by atoms with van der Waals surface area (Å²) < 4.78 is 55.2. The van der Waals surface area contributed by atoms with Crippen LogP contribution in [-0.4, -0.2) is 59.1 Å². The topological polar surface area (TPSA) is 94.9 Å². The van der Waals surface area contributed by atoms with Crippen molar-refractivity contribution in [2.75, 3.05) is 33.0 Å². The minimum Gasteiger partial charge on any atom is -0.360 e. The van der Waals surface area contributed by atoms with Gasteiger partial charge < -0.3 is 26.3 Å². The number of nitrogens with zero attached hydrogens (tertiary/aromatic N) is 3. The van der Waals surface area contributed by atoms with E-state index in [1.807, 2.05) is 27.2 Å². The largest absolute Gasteiger partial charge is 0.419 e. The first kappa shape index (κ1) is 24.8. The lowest BCUT2D eigenvalue weighted by molar-refractivity contribution is -0.137. The minimum atomic E-state index is -4.70. The molecule has 0 amide bonds. The summed E-state index contributed by atoms with van der Waals surface area (Å²) in [5.74, 6) is -0.597. The number of hydrogen-bond acceptors (Lipinski definition) is 6. The van der Waals surface area contributed by atoms with E-state index in [4.69, 9.17) is 5.73 Å². The first-order valence-corrected chi connectivity index (χ1v) is 11.0. The van der Waals surface area contributed by atoms with Crippen LogP contribution in [0.5, 0.6) is 0 Å². The van der Waals surface area contributed by atoms with Crippen molar-refractivity contribution in [1.82, 2.24) is 25.2 Å². The summed E-state index contributed by atoms with van der Waals surface area (Å²) in [6.07, 6.45) is 3.70. The maximum absolute atomic E-state index is 13.8. The fourth-order valence-electron chi connectivity index (χ4n) is 4.14. The van der Waals surface area contributed by atoms with Crippen molar-refractivity contribution in [3.05, 3.63) is 65.9 Å². The Morgan fingerprint density at radius 1 is 1.26 bits per heavy atom. The van der Waals surface area contributed by atoms with Crippen LogP contribution in [0.25, 0.3) is 22.2 Å². The Morgan fingerprint density at radius 2 is 2.03 bits per heavy atom. The van der Waals surface area contributed by atoms with Crippen molar-refractivity contribution in [3.8, 4) is 11.3 Å². The molecular formula is C24H27F4N7.